The lowest BCUT2D eigenvalue weighted by atomic mass is 10.1. The van der Waals surface area contributed by atoms with Crippen LogP contribution in [0.2, 0.25) is 0 Å². The van der Waals surface area contributed by atoms with Gasteiger partial charge in [-0.15, -0.1) is 24.0 Å². The first-order valence-electron chi connectivity index (χ1n) is 8.76. The number of aromatic nitrogens is 2. The predicted octanol–water partition coefficient (Wildman–Crippen LogP) is 3.72. The highest BCUT2D eigenvalue weighted by Crippen LogP contribution is 2.07. The van der Waals surface area contributed by atoms with E-state index in [0.29, 0.717) is 0 Å². The average molecular weight is 475 g/mol. The number of guanidine groups is 1. The van der Waals surface area contributed by atoms with Crippen molar-refractivity contribution >= 4 is 29.9 Å². The van der Waals surface area contributed by atoms with Gasteiger partial charge in [0.15, 0.2) is 5.96 Å². The topological polar surface area (TPSA) is 54.2 Å². The van der Waals surface area contributed by atoms with E-state index >= 15 is 0 Å². The molecule has 1 heterocycles. The summed E-state index contributed by atoms with van der Waals surface area (Å²) >= 11 is 0. The number of benzene rings is 2. The molecule has 1 aromatic heterocycles. The van der Waals surface area contributed by atoms with Crippen molar-refractivity contribution in [2.75, 3.05) is 7.05 Å². The molecule has 0 bridgehead atoms. The Morgan fingerprint density at radius 1 is 1.00 bits per heavy atom. The van der Waals surface area contributed by atoms with E-state index in [1.165, 1.54) is 22.3 Å². The molecule has 0 atom stereocenters. The van der Waals surface area contributed by atoms with Crippen LogP contribution in [0.25, 0.3) is 0 Å². The zero-order valence-electron chi connectivity index (χ0n) is 15.7. The summed E-state index contributed by atoms with van der Waals surface area (Å²) in [7, 11) is 1.79. The highest BCUT2D eigenvalue weighted by molar-refractivity contribution is 14.0. The number of nitrogens with one attached hydrogen (secondary N) is 2. The number of nitrogens with zero attached hydrogens (tertiary/aromatic N) is 3. The first-order valence-corrected chi connectivity index (χ1v) is 8.76. The van der Waals surface area contributed by atoms with E-state index in [9.17, 15) is 0 Å². The van der Waals surface area contributed by atoms with Gasteiger partial charge in [0, 0.05) is 39.1 Å². The summed E-state index contributed by atoms with van der Waals surface area (Å²) in [4.78, 5) is 8.36. The van der Waals surface area contributed by atoms with Crippen molar-refractivity contribution < 1.29 is 0 Å². The molecular formula is C21H26IN5. The van der Waals surface area contributed by atoms with E-state index in [1.807, 2.05) is 12.5 Å². The Balaban J connectivity index is 0.00000261. The van der Waals surface area contributed by atoms with Gasteiger partial charge in [-0.05, 0) is 23.6 Å². The molecule has 3 rings (SSSR count). The minimum absolute atomic E-state index is 0. The van der Waals surface area contributed by atoms with Gasteiger partial charge >= 0.3 is 0 Å². The first kappa shape index (κ1) is 21.0. The second-order valence-corrected chi connectivity index (χ2v) is 6.32. The number of aliphatic imine (C=N–C) groups is 1. The van der Waals surface area contributed by atoms with E-state index in [2.05, 4.69) is 80.6 Å². The molecule has 142 valence electrons. The zero-order chi connectivity index (χ0) is 18.2. The molecule has 2 N–H and O–H groups in total. The minimum Gasteiger partial charge on any atom is -0.352 e. The van der Waals surface area contributed by atoms with Gasteiger partial charge < -0.3 is 15.2 Å². The molecule has 3 aromatic rings. The monoisotopic (exact) mass is 475 g/mol. The average Bonchev–Trinajstić information content (AvgIpc) is 3.16. The van der Waals surface area contributed by atoms with Crippen LogP contribution in [0.1, 0.15) is 22.3 Å². The molecule has 0 fully saturated rings. The van der Waals surface area contributed by atoms with E-state index in [1.54, 1.807) is 13.2 Å². The summed E-state index contributed by atoms with van der Waals surface area (Å²) in [6.45, 7) is 4.44. The number of hydrogen-bond donors (Lipinski definition) is 2. The van der Waals surface area contributed by atoms with Crippen LogP contribution in [0.3, 0.4) is 0 Å². The first-order chi connectivity index (χ1) is 12.7. The van der Waals surface area contributed by atoms with Crippen LogP contribution in [0.15, 0.2) is 72.2 Å². The molecule has 5 nitrogen and oxygen atoms in total. The largest absolute Gasteiger partial charge is 0.352 e. The summed E-state index contributed by atoms with van der Waals surface area (Å²) in [5.74, 6) is 0.800. The van der Waals surface area contributed by atoms with Crippen molar-refractivity contribution in [3.8, 4) is 0 Å². The third kappa shape index (κ3) is 6.71. The molecule has 2 aromatic carbocycles. The standard InChI is InChI=1S/C21H25N5.HI/c1-17-4-3-5-20(12-17)14-25-21(22-2)24-13-18-6-8-19(9-7-18)15-26-11-10-23-16-26;/h3-12,16H,13-15H2,1-2H3,(H2,22,24,25);1H. The zero-order valence-corrected chi connectivity index (χ0v) is 18.1. The normalized spacial score (nSPS) is 11.0. The van der Waals surface area contributed by atoms with Gasteiger partial charge in [-0.1, -0.05) is 54.1 Å². The fraction of sp³-hybridized carbons (Fsp3) is 0.238. The third-order valence-electron chi connectivity index (χ3n) is 4.17. The Morgan fingerprint density at radius 2 is 1.70 bits per heavy atom. The maximum atomic E-state index is 4.29. The van der Waals surface area contributed by atoms with Gasteiger partial charge in [0.1, 0.15) is 0 Å². The van der Waals surface area contributed by atoms with Gasteiger partial charge in [0.25, 0.3) is 0 Å². The van der Waals surface area contributed by atoms with Gasteiger partial charge in [-0.25, -0.2) is 4.98 Å². The lowest BCUT2D eigenvalue weighted by Gasteiger charge is -2.13. The number of rotatable bonds is 6. The number of halogens is 1. The highest BCUT2D eigenvalue weighted by Gasteiger charge is 2.01. The SMILES string of the molecule is CN=C(NCc1ccc(Cn2ccnc2)cc1)NCc1cccc(C)c1.I. The minimum atomic E-state index is 0. The van der Waals surface area contributed by atoms with Crippen LogP contribution >= 0.6 is 24.0 Å². The molecule has 0 saturated carbocycles. The molecule has 0 radical (unpaired) electrons. The second-order valence-electron chi connectivity index (χ2n) is 6.32. The van der Waals surface area contributed by atoms with E-state index in [-0.39, 0.29) is 24.0 Å². The predicted molar refractivity (Wildman–Crippen MR) is 121 cm³/mol. The summed E-state index contributed by atoms with van der Waals surface area (Å²) in [6, 6.07) is 17.1. The van der Waals surface area contributed by atoms with Crippen LogP contribution in [-0.4, -0.2) is 22.6 Å². The maximum Gasteiger partial charge on any atom is 0.191 e. The van der Waals surface area contributed by atoms with E-state index in [0.717, 1.165) is 25.6 Å². The number of hydrogen-bond acceptors (Lipinski definition) is 2. The van der Waals surface area contributed by atoms with Crippen molar-refractivity contribution in [1.29, 1.82) is 0 Å². The lowest BCUT2D eigenvalue weighted by molar-refractivity contribution is 0.792. The van der Waals surface area contributed by atoms with Crippen molar-refractivity contribution in [3.63, 3.8) is 0 Å². The van der Waals surface area contributed by atoms with Gasteiger partial charge in [-0.2, -0.15) is 0 Å². The summed E-state index contributed by atoms with van der Waals surface area (Å²) in [5.41, 5.74) is 4.99. The Morgan fingerprint density at radius 3 is 2.33 bits per heavy atom. The molecule has 0 aliphatic carbocycles. The molecular weight excluding hydrogens is 449 g/mol. The van der Waals surface area contributed by atoms with Crippen molar-refractivity contribution in [2.45, 2.75) is 26.6 Å². The summed E-state index contributed by atoms with van der Waals surface area (Å²) in [6.07, 6.45) is 5.60. The molecule has 0 spiro atoms. The van der Waals surface area contributed by atoms with Crippen LogP contribution in [0, 0.1) is 6.92 Å². The summed E-state index contributed by atoms with van der Waals surface area (Å²) < 4.78 is 2.06. The molecule has 0 saturated heterocycles. The van der Waals surface area contributed by atoms with Crippen molar-refractivity contribution in [3.05, 3.63) is 89.5 Å². The highest BCUT2D eigenvalue weighted by atomic mass is 127. The summed E-state index contributed by atoms with van der Waals surface area (Å²) in [5, 5.41) is 6.71. The third-order valence-corrected chi connectivity index (χ3v) is 4.17. The molecule has 0 aliphatic rings. The molecule has 0 aliphatic heterocycles. The maximum absolute atomic E-state index is 4.29. The van der Waals surface area contributed by atoms with Crippen molar-refractivity contribution in [1.82, 2.24) is 20.2 Å². The Labute approximate surface area is 178 Å². The molecule has 27 heavy (non-hydrogen) atoms. The Hall–Kier alpha value is -2.35. The van der Waals surface area contributed by atoms with Gasteiger partial charge in [-0.3, -0.25) is 4.99 Å². The smallest absolute Gasteiger partial charge is 0.191 e. The number of imidazole rings is 1. The molecule has 0 unspecified atom stereocenters. The van der Waals surface area contributed by atoms with Gasteiger partial charge in [0.2, 0.25) is 0 Å². The fourth-order valence-electron chi connectivity index (χ4n) is 2.77. The fourth-order valence-corrected chi connectivity index (χ4v) is 2.77. The Bertz CT molecular complexity index is 841. The van der Waals surface area contributed by atoms with E-state index < -0.39 is 0 Å². The van der Waals surface area contributed by atoms with Gasteiger partial charge in [0.05, 0.1) is 6.33 Å². The van der Waals surface area contributed by atoms with Crippen LogP contribution < -0.4 is 10.6 Å². The molecule has 0 amide bonds. The second kappa shape index (κ2) is 10.7. The van der Waals surface area contributed by atoms with Crippen molar-refractivity contribution in [2.24, 2.45) is 4.99 Å². The number of aryl methyl sites for hydroxylation is 1. The Kier molecular flexibility index (Phi) is 8.32. The van der Waals surface area contributed by atoms with Crippen LogP contribution in [0.4, 0.5) is 0 Å². The van der Waals surface area contributed by atoms with Crippen LogP contribution in [-0.2, 0) is 19.6 Å². The lowest BCUT2D eigenvalue weighted by Crippen LogP contribution is -2.36. The van der Waals surface area contributed by atoms with Crippen LogP contribution in [0.5, 0.6) is 0 Å². The quantitative estimate of drug-likeness (QED) is 0.325. The van der Waals surface area contributed by atoms with E-state index in [4.69, 9.17) is 0 Å². The molecule has 6 heteroatoms.